The molecule has 7 rings (SSSR count). The molecule has 0 fully saturated rings. The van der Waals surface area contributed by atoms with E-state index >= 15 is 0 Å². The highest BCUT2D eigenvalue weighted by molar-refractivity contribution is 6.06. The minimum Gasteiger partial charge on any atom is -0.310 e. The molecule has 0 saturated carbocycles. The van der Waals surface area contributed by atoms with E-state index in [1.54, 1.807) is 0 Å². The predicted molar refractivity (Wildman–Crippen MR) is 154 cm³/mol. The number of aromatic nitrogens is 1. The summed E-state index contributed by atoms with van der Waals surface area (Å²) in [6.45, 7) is 4.59. The van der Waals surface area contributed by atoms with Gasteiger partial charge >= 0.3 is 0 Å². The summed E-state index contributed by atoms with van der Waals surface area (Å²) in [6, 6.07) is 41.6. The summed E-state index contributed by atoms with van der Waals surface area (Å²) >= 11 is 0. The van der Waals surface area contributed by atoms with Crippen molar-refractivity contribution in [1.82, 2.24) is 4.57 Å². The van der Waals surface area contributed by atoms with Gasteiger partial charge in [0.25, 0.3) is 5.56 Å². The number of fused-ring (bicyclic) bond motifs is 5. The van der Waals surface area contributed by atoms with E-state index in [0.29, 0.717) is 0 Å². The van der Waals surface area contributed by atoms with Gasteiger partial charge in [-0.3, -0.25) is 9.36 Å². The molecular weight excluding hydrogens is 452 g/mol. The Morgan fingerprint density at radius 3 is 1.65 bits per heavy atom. The zero-order valence-corrected chi connectivity index (χ0v) is 20.8. The highest BCUT2D eigenvalue weighted by Gasteiger charge is 2.36. The fourth-order valence-corrected chi connectivity index (χ4v) is 5.99. The molecule has 0 N–H and O–H groups in total. The number of para-hydroxylation sites is 3. The lowest BCUT2D eigenvalue weighted by molar-refractivity contribution is 0.632. The molecule has 1 aliphatic heterocycles. The molecule has 0 bridgehead atoms. The van der Waals surface area contributed by atoms with Gasteiger partial charge in [-0.1, -0.05) is 86.6 Å². The van der Waals surface area contributed by atoms with Crippen LogP contribution in [0.5, 0.6) is 0 Å². The smallest absolute Gasteiger partial charge is 0.263 e. The normalized spacial score (nSPS) is 13.9. The number of pyridine rings is 1. The van der Waals surface area contributed by atoms with Crippen LogP contribution in [-0.2, 0) is 5.41 Å². The molecule has 0 unspecified atom stereocenters. The van der Waals surface area contributed by atoms with Crippen LogP contribution in [0, 0.1) is 0 Å². The molecule has 1 aromatic heterocycles. The second kappa shape index (κ2) is 7.94. The Kier molecular flexibility index (Phi) is 4.64. The first-order chi connectivity index (χ1) is 18.1. The summed E-state index contributed by atoms with van der Waals surface area (Å²) in [5.41, 5.74) is 7.71. The molecule has 0 spiro atoms. The zero-order chi connectivity index (χ0) is 25.1. The van der Waals surface area contributed by atoms with Crippen LogP contribution >= 0.6 is 0 Å². The van der Waals surface area contributed by atoms with E-state index in [1.165, 1.54) is 22.5 Å². The molecule has 0 radical (unpaired) electrons. The molecule has 5 aromatic carbocycles. The highest BCUT2D eigenvalue weighted by Crippen LogP contribution is 2.51. The van der Waals surface area contributed by atoms with Crippen molar-refractivity contribution in [3.8, 4) is 5.69 Å². The van der Waals surface area contributed by atoms with Crippen molar-refractivity contribution in [2.75, 3.05) is 4.90 Å². The van der Waals surface area contributed by atoms with Gasteiger partial charge in [0.2, 0.25) is 0 Å². The maximum absolute atomic E-state index is 13.7. The molecule has 6 aromatic rings. The molecule has 178 valence electrons. The largest absolute Gasteiger partial charge is 0.310 e. The maximum atomic E-state index is 13.7. The van der Waals surface area contributed by atoms with Crippen molar-refractivity contribution in [2.24, 2.45) is 0 Å². The van der Waals surface area contributed by atoms with Crippen molar-refractivity contribution in [1.29, 1.82) is 0 Å². The number of hydrogen-bond acceptors (Lipinski definition) is 2. The topological polar surface area (TPSA) is 25.2 Å². The molecular formula is C34H26N2O. The molecule has 0 saturated heterocycles. The Bertz CT molecular complexity index is 1830. The summed E-state index contributed by atoms with van der Waals surface area (Å²) < 4.78 is 1.84. The maximum Gasteiger partial charge on any atom is 0.263 e. The van der Waals surface area contributed by atoms with Gasteiger partial charge in [0.05, 0.1) is 16.9 Å². The number of benzene rings is 5. The van der Waals surface area contributed by atoms with E-state index in [4.69, 9.17) is 0 Å². The third kappa shape index (κ3) is 3.10. The number of nitrogens with zero attached hydrogens (tertiary/aromatic N) is 2. The van der Waals surface area contributed by atoms with Gasteiger partial charge in [0.15, 0.2) is 0 Å². The Labute approximate surface area is 215 Å². The molecule has 3 nitrogen and oxygen atoms in total. The van der Waals surface area contributed by atoms with E-state index in [9.17, 15) is 4.79 Å². The van der Waals surface area contributed by atoms with Crippen LogP contribution in [0.15, 0.2) is 126 Å². The lowest BCUT2D eigenvalue weighted by Crippen LogP contribution is -2.30. The standard InChI is InChI=1S/C34H26N2O/c1-34(2)28-14-6-9-17-31(28)35(32-18-10-7-15-29(32)34)23-19-21-24(22-20-23)36-30-16-8-5-12-26(30)25-11-3-4-13-27(25)33(36)37/h3-22H,1-2H3. The third-order valence-electron chi connectivity index (χ3n) is 7.80. The number of anilines is 3. The fraction of sp³-hybridized carbons (Fsp3) is 0.0882. The van der Waals surface area contributed by atoms with E-state index in [0.717, 1.165) is 33.1 Å². The Morgan fingerprint density at radius 2 is 1.00 bits per heavy atom. The highest BCUT2D eigenvalue weighted by atomic mass is 16.1. The third-order valence-corrected chi connectivity index (χ3v) is 7.80. The Balaban J connectivity index is 1.43. The zero-order valence-electron chi connectivity index (χ0n) is 20.8. The molecule has 2 heterocycles. The van der Waals surface area contributed by atoms with E-state index in [1.807, 2.05) is 47.0 Å². The quantitative estimate of drug-likeness (QED) is 0.234. The van der Waals surface area contributed by atoms with Gasteiger partial charge in [0, 0.05) is 27.6 Å². The average molecular weight is 479 g/mol. The summed E-state index contributed by atoms with van der Waals surface area (Å²) in [7, 11) is 0. The van der Waals surface area contributed by atoms with Crippen molar-refractivity contribution in [2.45, 2.75) is 19.3 Å². The van der Waals surface area contributed by atoms with E-state index in [2.05, 4.69) is 97.6 Å². The van der Waals surface area contributed by atoms with Crippen LogP contribution in [0.4, 0.5) is 17.1 Å². The van der Waals surface area contributed by atoms with Gasteiger partial charge in [0.1, 0.15) is 0 Å². The van der Waals surface area contributed by atoms with Crippen LogP contribution in [0.2, 0.25) is 0 Å². The summed E-state index contributed by atoms with van der Waals surface area (Å²) in [6.07, 6.45) is 0. The second-order valence-electron chi connectivity index (χ2n) is 10.2. The van der Waals surface area contributed by atoms with Crippen molar-refractivity contribution < 1.29 is 0 Å². The molecule has 1 aliphatic rings. The minimum atomic E-state index is -0.0963. The monoisotopic (exact) mass is 478 g/mol. The van der Waals surface area contributed by atoms with Crippen LogP contribution in [0.3, 0.4) is 0 Å². The molecule has 0 amide bonds. The van der Waals surface area contributed by atoms with E-state index < -0.39 is 0 Å². The number of hydrogen-bond donors (Lipinski definition) is 0. The summed E-state index contributed by atoms with van der Waals surface area (Å²) in [5.74, 6) is 0. The van der Waals surface area contributed by atoms with Gasteiger partial charge in [-0.25, -0.2) is 0 Å². The minimum absolute atomic E-state index is 0.00235. The first kappa shape index (κ1) is 21.6. The van der Waals surface area contributed by atoms with Crippen molar-refractivity contribution >= 4 is 38.7 Å². The number of rotatable bonds is 2. The summed E-state index contributed by atoms with van der Waals surface area (Å²) in [5, 5.41) is 2.79. The fourth-order valence-electron chi connectivity index (χ4n) is 5.99. The molecule has 0 atom stereocenters. The van der Waals surface area contributed by atoms with Crippen LogP contribution < -0.4 is 10.5 Å². The van der Waals surface area contributed by atoms with Crippen LogP contribution in [0.1, 0.15) is 25.0 Å². The average Bonchev–Trinajstić information content (AvgIpc) is 2.94. The Hall–Kier alpha value is -4.63. The van der Waals surface area contributed by atoms with Gasteiger partial charge < -0.3 is 4.90 Å². The summed E-state index contributed by atoms with van der Waals surface area (Å²) in [4.78, 5) is 16.0. The first-order valence-electron chi connectivity index (χ1n) is 12.7. The lowest BCUT2D eigenvalue weighted by Gasteiger charge is -2.42. The molecule has 3 heteroatoms. The van der Waals surface area contributed by atoms with Gasteiger partial charge in [-0.05, 0) is 65.0 Å². The van der Waals surface area contributed by atoms with Crippen molar-refractivity contribution in [3.05, 3.63) is 143 Å². The molecule has 0 aliphatic carbocycles. The van der Waals surface area contributed by atoms with E-state index in [-0.39, 0.29) is 11.0 Å². The Morgan fingerprint density at radius 1 is 0.514 bits per heavy atom. The predicted octanol–water partition coefficient (Wildman–Crippen LogP) is 8.25. The van der Waals surface area contributed by atoms with Crippen LogP contribution in [-0.4, -0.2) is 4.57 Å². The van der Waals surface area contributed by atoms with Crippen molar-refractivity contribution in [3.63, 3.8) is 0 Å². The van der Waals surface area contributed by atoms with Gasteiger partial charge in [-0.2, -0.15) is 0 Å². The lowest BCUT2D eigenvalue weighted by atomic mass is 9.73. The first-order valence-corrected chi connectivity index (χ1v) is 12.7. The second-order valence-corrected chi connectivity index (χ2v) is 10.2. The SMILES string of the molecule is CC1(C)c2ccccc2N(c2ccc(-n3c(=O)c4ccccc4c4ccccc43)cc2)c2ccccc21. The van der Waals surface area contributed by atoms with Gasteiger partial charge in [-0.15, -0.1) is 0 Å². The molecule has 37 heavy (non-hydrogen) atoms. The van der Waals surface area contributed by atoms with Crippen LogP contribution in [0.25, 0.3) is 27.4 Å².